The molecule has 0 atom stereocenters. The van der Waals surface area contributed by atoms with Crippen molar-refractivity contribution in [1.29, 1.82) is 0 Å². The van der Waals surface area contributed by atoms with Crippen LogP contribution in [0.5, 0.6) is 11.5 Å². The lowest BCUT2D eigenvalue weighted by Gasteiger charge is -2.35. The first-order chi connectivity index (χ1) is 15.0. The summed E-state index contributed by atoms with van der Waals surface area (Å²) in [5.74, 6) is -0.799. The number of ether oxygens (including phenoxy) is 2. The molecule has 0 aliphatic heterocycles. The molecular formula is C24H20F6O2. The zero-order chi connectivity index (χ0) is 23.4. The van der Waals surface area contributed by atoms with Gasteiger partial charge in [0, 0.05) is 5.41 Å². The van der Waals surface area contributed by atoms with Gasteiger partial charge < -0.3 is 9.47 Å². The van der Waals surface area contributed by atoms with E-state index in [1.54, 1.807) is 12.1 Å². The highest BCUT2D eigenvalue weighted by Crippen LogP contribution is 2.42. The summed E-state index contributed by atoms with van der Waals surface area (Å²) in [5, 5.41) is 0. The molecule has 0 N–H and O–H groups in total. The maximum absolute atomic E-state index is 12.8. The summed E-state index contributed by atoms with van der Waals surface area (Å²) >= 11 is 0. The fraction of sp³-hybridized carbons (Fsp3) is 0.250. The van der Waals surface area contributed by atoms with Crippen LogP contribution >= 0.6 is 0 Å². The van der Waals surface area contributed by atoms with Gasteiger partial charge in [-0.1, -0.05) is 61.5 Å². The van der Waals surface area contributed by atoms with E-state index in [1.807, 2.05) is 37.3 Å². The Kier molecular flexibility index (Phi) is 6.71. The quantitative estimate of drug-likeness (QED) is 0.346. The Hall–Kier alpha value is -3.16. The fourth-order valence-corrected chi connectivity index (χ4v) is 3.83. The van der Waals surface area contributed by atoms with Gasteiger partial charge in [0.05, 0.1) is 0 Å². The summed E-state index contributed by atoms with van der Waals surface area (Å²) in [7, 11) is 0. The van der Waals surface area contributed by atoms with Gasteiger partial charge in [-0.2, -0.15) is 0 Å². The van der Waals surface area contributed by atoms with Crippen LogP contribution in [-0.4, -0.2) is 12.7 Å². The van der Waals surface area contributed by atoms with Crippen LogP contribution in [0.3, 0.4) is 0 Å². The van der Waals surface area contributed by atoms with Crippen LogP contribution in [0.15, 0.2) is 78.9 Å². The zero-order valence-electron chi connectivity index (χ0n) is 17.0. The third-order valence-corrected chi connectivity index (χ3v) is 5.19. The van der Waals surface area contributed by atoms with Gasteiger partial charge in [-0.05, 0) is 53.8 Å². The summed E-state index contributed by atoms with van der Waals surface area (Å²) in [6.45, 7) is 1.83. The zero-order valence-corrected chi connectivity index (χ0v) is 17.0. The van der Waals surface area contributed by atoms with Crippen LogP contribution in [0.1, 0.15) is 30.0 Å². The molecule has 0 saturated heterocycles. The molecule has 0 amide bonds. The van der Waals surface area contributed by atoms with Crippen LogP contribution in [-0.2, 0) is 11.8 Å². The minimum absolute atomic E-state index is 0.343. The number of halogens is 6. The van der Waals surface area contributed by atoms with Crippen molar-refractivity contribution < 1.29 is 35.8 Å². The molecular weight excluding hydrogens is 434 g/mol. The molecule has 3 rings (SSSR count). The molecule has 0 heterocycles. The minimum Gasteiger partial charge on any atom is -0.406 e. The molecule has 0 spiro atoms. The van der Waals surface area contributed by atoms with E-state index in [4.69, 9.17) is 0 Å². The van der Waals surface area contributed by atoms with E-state index in [2.05, 4.69) is 9.47 Å². The van der Waals surface area contributed by atoms with Crippen LogP contribution in [0.4, 0.5) is 26.3 Å². The molecule has 0 aliphatic rings. The van der Waals surface area contributed by atoms with Gasteiger partial charge in [0.1, 0.15) is 11.5 Å². The lowest BCUT2D eigenvalue weighted by Crippen LogP contribution is -2.30. The normalized spacial score (nSPS) is 12.5. The van der Waals surface area contributed by atoms with Gasteiger partial charge in [-0.15, -0.1) is 26.3 Å². The van der Waals surface area contributed by atoms with Gasteiger partial charge >= 0.3 is 12.7 Å². The topological polar surface area (TPSA) is 18.5 Å². The highest BCUT2D eigenvalue weighted by Gasteiger charge is 2.36. The summed E-state index contributed by atoms with van der Waals surface area (Å²) in [5.41, 5.74) is 0.903. The summed E-state index contributed by atoms with van der Waals surface area (Å²) in [6.07, 6.45) is -9.00. The predicted molar refractivity (Wildman–Crippen MR) is 107 cm³/mol. The number of benzene rings is 3. The third kappa shape index (κ3) is 5.96. The van der Waals surface area contributed by atoms with Crippen molar-refractivity contribution >= 4 is 0 Å². The Labute approximate surface area is 181 Å². The smallest absolute Gasteiger partial charge is 0.406 e. The monoisotopic (exact) mass is 454 g/mol. The van der Waals surface area contributed by atoms with E-state index in [0.717, 1.165) is 5.56 Å². The van der Waals surface area contributed by atoms with Crippen LogP contribution in [0, 0.1) is 0 Å². The van der Waals surface area contributed by atoms with Gasteiger partial charge in [-0.25, -0.2) is 0 Å². The molecule has 32 heavy (non-hydrogen) atoms. The largest absolute Gasteiger partial charge is 0.573 e. The summed E-state index contributed by atoms with van der Waals surface area (Å²) in [6, 6.07) is 20.3. The highest BCUT2D eigenvalue weighted by molar-refractivity contribution is 5.46. The number of rotatable bonds is 7. The second kappa shape index (κ2) is 9.14. The van der Waals surface area contributed by atoms with E-state index >= 15 is 0 Å². The Morgan fingerprint density at radius 1 is 0.625 bits per heavy atom. The van der Waals surface area contributed by atoms with Crippen LogP contribution in [0.2, 0.25) is 0 Å². The first kappa shape index (κ1) is 23.5. The first-order valence-corrected chi connectivity index (χ1v) is 9.77. The molecule has 2 nitrogen and oxygen atoms in total. The molecule has 0 bridgehead atoms. The molecule has 170 valence electrons. The van der Waals surface area contributed by atoms with Gasteiger partial charge in [0.25, 0.3) is 0 Å². The fourth-order valence-electron chi connectivity index (χ4n) is 3.83. The van der Waals surface area contributed by atoms with Gasteiger partial charge in [0.15, 0.2) is 0 Å². The second-order valence-corrected chi connectivity index (χ2v) is 7.25. The second-order valence-electron chi connectivity index (χ2n) is 7.25. The molecule has 0 unspecified atom stereocenters. The lowest BCUT2D eigenvalue weighted by molar-refractivity contribution is -0.275. The molecule has 3 aromatic carbocycles. The average Bonchev–Trinajstić information content (AvgIpc) is 2.71. The first-order valence-electron chi connectivity index (χ1n) is 9.77. The molecule has 0 saturated carbocycles. The maximum Gasteiger partial charge on any atom is 0.573 e. The van der Waals surface area contributed by atoms with Gasteiger partial charge in [-0.3, -0.25) is 0 Å². The van der Waals surface area contributed by atoms with E-state index in [9.17, 15) is 26.3 Å². The molecule has 0 radical (unpaired) electrons. The summed E-state index contributed by atoms with van der Waals surface area (Å²) < 4.78 is 84.9. The number of alkyl halides is 6. The van der Waals surface area contributed by atoms with Crippen molar-refractivity contribution in [2.45, 2.75) is 37.9 Å². The molecule has 0 aliphatic carbocycles. The number of hydrogen-bond acceptors (Lipinski definition) is 2. The number of hydrogen-bond donors (Lipinski definition) is 0. The van der Waals surface area contributed by atoms with Crippen LogP contribution in [0.25, 0.3) is 0 Å². The van der Waals surface area contributed by atoms with Crippen LogP contribution < -0.4 is 9.47 Å². The van der Waals surface area contributed by atoms with Crippen molar-refractivity contribution in [2.24, 2.45) is 0 Å². The Morgan fingerprint density at radius 3 is 1.50 bits per heavy atom. The average molecular weight is 454 g/mol. The molecule has 3 aromatic rings. The predicted octanol–water partition coefficient (Wildman–Crippen LogP) is 7.42. The van der Waals surface area contributed by atoms with E-state index < -0.39 is 29.6 Å². The Balaban J connectivity index is 2.14. The lowest BCUT2D eigenvalue weighted by atomic mass is 9.68. The van der Waals surface area contributed by atoms with Crippen molar-refractivity contribution in [3.8, 4) is 11.5 Å². The molecule has 0 fully saturated rings. The Morgan fingerprint density at radius 2 is 1.09 bits per heavy atom. The minimum atomic E-state index is -4.87. The maximum atomic E-state index is 12.8. The van der Waals surface area contributed by atoms with Gasteiger partial charge in [0.2, 0.25) is 0 Å². The van der Waals surface area contributed by atoms with E-state index in [-0.39, 0.29) is 0 Å². The SMILES string of the molecule is CCC(Cc1ccccc1)(c1cccc(OC(F)(F)F)c1)c1cccc(OC(F)(F)F)c1. The highest BCUT2D eigenvalue weighted by atomic mass is 19.4. The molecule has 0 aromatic heterocycles. The Bertz CT molecular complexity index is 969. The van der Waals surface area contributed by atoms with Crippen molar-refractivity contribution in [3.63, 3.8) is 0 Å². The van der Waals surface area contributed by atoms with Crippen molar-refractivity contribution in [1.82, 2.24) is 0 Å². The summed E-state index contributed by atoms with van der Waals surface area (Å²) in [4.78, 5) is 0. The van der Waals surface area contributed by atoms with Crippen molar-refractivity contribution in [2.75, 3.05) is 0 Å². The standard InChI is InChI=1S/C24H20F6O2/c1-2-22(16-17-8-4-3-5-9-17,18-10-6-12-20(14-18)31-23(25,26)27)19-11-7-13-21(15-19)32-24(28,29)30/h3-15H,2,16H2,1H3. The van der Waals surface area contributed by atoms with E-state index in [1.165, 1.54) is 36.4 Å². The van der Waals surface area contributed by atoms with Crippen molar-refractivity contribution in [3.05, 3.63) is 95.6 Å². The molecule has 8 heteroatoms. The van der Waals surface area contributed by atoms with E-state index in [0.29, 0.717) is 24.0 Å². The third-order valence-electron chi connectivity index (χ3n) is 5.19.